The van der Waals surface area contributed by atoms with Crippen molar-refractivity contribution in [1.82, 2.24) is 0 Å². The number of rotatable bonds is 5. The minimum Gasteiger partial charge on any atom is -0.378 e. The molecule has 1 aliphatic rings. The molecule has 0 atom stereocenters. The van der Waals surface area contributed by atoms with E-state index in [4.69, 9.17) is 0 Å². The Morgan fingerprint density at radius 2 is 1.64 bits per heavy atom. The van der Waals surface area contributed by atoms with Crippen molar-refractivity contribution in [2.45, 2.75) is 19.3 Å². The summed E-state index contributed by atoms with van der Waals surface area (Å²) in [5, 5.41) is 5.05. The van der Waals surface area contributed by atoms with Gasteiger partial charge in [-0.25, -0.2) is 0 Å². The molecule has 2 heterocycles. The molecule has 0 radical (unpaired) electrons. The predicted octanol–water partition coefficient (Wildman–Crippen LogP) is 6.72. The Labute approximate surface area is 216 Å². The van der Waals surface area contributed by atoms with Gasteiger partial charge in [-0.1, -0.05) is 30.3 Å². The van der Waals surface area contributed by atoms with Crippen LogP contribution in [0.3, 0.4) is 0 Å². The van der Waals surface area contributed by atoms with Gasteiger partial charge < -0.3 is 15.1 Å². The van der Waals surface area contributed by atoms with Gasteiger partial charge in [0.2, 0.25) is 0 Å². The van der Waals surface area contributed by atoms with Crippen LogP contribution in [0.1, 0.15) is 38.4 Å². The number of carbonyl (C=O) groups is 2. The Balaban J connectivity index is 1.32. The van der Waals surface area contributed by atoms with Gasteiger partial charge in [-0.3, -0.25) is 9.59 Å². The molecular weight excluding hydrogens is 466 g/mol. The first-order valence-electron chi connectivity index (χ1n) is 12.2. The zero-order valence-corrected chi connectivity index (χ0v) is 21.3. The van der Waals surface area contributed by atoms with Gasteiger partial charge in [0.25, 0.3) is 11.8 Å². The Bertz CT molecular complexity index is 1370. The van der Waals surface area contributed by atoms with Crippen molar-refractivity contribution in [3.8, 4) is 11.1 Å². The van der Waals surface area contributed by atoms with Gasteiger partial charge in [0, 0.05) is 48.0 Å². The molecule has 0 bridgehead atoms. The first kappa shape index (κ1) is 23.8. The molecule has 6 heteroatoms. The van der Waals surface area contributed by atoms with Gasteiger partial charge in [0.1, 0.15) is 0 Å². The Hall–Kier alpha value is -3.90. The highest BCUT2D eigenvalue weighted by atomic mass is 32.1. The van der Waals surface area contributed by atoms with Gasteiger partial charge >= 0.3 is 0 Å². The molecule has 5 rings (SSSR count). The third-order valence-corrected chi connectivity index (χ3v) is 7.52. The molecule has 2 amide bonds. The monoisotopic (exact) mass is 495 g/mol. The van der Waals surface area contributed by atoms with E-state index in [2.05, 4.69) is 10.7 Å². The predicted molar refractivity (Wildman–Crippen MR) is 150 cm³/mol. The number of thiophene rings is 1. The average molecular weight is 496 g/mol. The first-order valence-corrected chi connectivity index (χ1v) is 13.1. The minimum absolute atomic E-state index is 0.000873. The summed E-state index contributed by atoms with van der Waals surface area (Å²) < 4.78 is 0. The van der Waals surface area contributed by atoms with Crippen LogP contribution in [0.5, 0.6) is 0 Å². The summed E-state index contributed by atoms with van der Waals surface area (Å²) in [5.41, 5.74) is 5.87. The van der Waals surface area contributed by atoms with Gasteiger partial charge in [-0.2, -0.15) is 0 Å². The highest BCUT2D eigenvalue weighted by Gasteiger charge is 2.23. The average Bonchev–Trinajstić information content (AvgIpc) is 3.28. The number of hydrogen-bond donors (Lipinski definition) is 1. The molecule has 36 heavy (non-hydrogen) atoms. The lowest BCUT2D eigenvalue weighted by Gasteiger charge is -2.21. The molecule has 0 fully saturated rings. The third-order valence-electron chi connectivity index (χ3n) is 6.55. The van der Waals surface area contributed by atoms with Crippen molar-refractivity contribution in [1.29, 1.82) is 0 Å². The number of hydrogen-bond acceptors (Lipinski definition) is 4. The van der Waals surface area contributed by atoms with Crippen LogP contribution in [-0.4, -0.2) is 32.5 Å². The fourth-order valence-electron chi connectivity index (χ4n) is 4.57. The molecule has 1 aliphatic heterocycles. The number of benzene rings is 3. The molecule has 0 aliphatic carbocycles. The van der Waals surface area contributed by atoms with Gasteiger partial charge in [-0.05, 0) is 84.3 Å². The van der Waals surface area contributed by atoms with E-state index < -0.39 is 0 Å². The Kier molecular flexibility index (Phi) is 6.87. The van der Waals surface area contributed by atoms with E-state index in [1.165, 1.54) is 4.88 Å². The van der Waals surface area contributed by atoms with Crippen LogP contribution < -0.4 is 15.1 Å². The molecule has 0 unspecified atom stereocenters. The number of anilines is 3. The molecule has 4 aromatic rings. The number of fused-ring (bicyclic) bond motifs is 1. The quantitative estimate of drug-likeness (QED) is 0.335. The Morgan fingerprint density at radius 1 is 0.889 bits per heavy atom. The second-order valence-corrected chi connectivity index (χ2v) is 10.2. The molecule has 0 saturated heterocycles. The zero-order chi connectivity index (χ0) is 25.1. The van der Waals surface area contributed by atoms with Gasteiger partial charge in [0.15, 0.2) is 0 Å². The van der Waals surface area contributed by atoms with Crippen molar-refractivity contribution in [2.24, 2.45) is 0 Å². The molecule has 182 valence electrons. The topological polar surface area (TPSA) is 52.7 Å². The van der Waals surface area contributed by atoms with Gasteiger partial charge in [0.05, 0.1) is 5.69 Å². The van der Waals surface area contributed by atoms with Crippen molar-refractivity contribution in [3.63, 3.8) is 0 Å². The standard InChI is InChI=1S/C30H29N3O2S/c1-32(2)24-16-12-21(13-17-24)25-7-3-4-8-26(25)29(34)31-23-14-10-22(11-15-23)30(35)33-19-6-5-9-28-27(33)18-20-36-28/h3-4,7-8,10-18,20H,5-6,9,19H2,1-2H3,(H,31,34). The van der Waals surface area contributed by atoms with E-state index in [1.54, 1.807) is 35.6 Å². The van der Waals surface area contributed by atoms with Crippen LogP contribution in [0.4, 0.5) is 17.1 Å². The van der Waals surface area contributed by atoms with Crippen LogP contribution in [-0.2, 0) is 6.42 Å². The summed E-state index contributed by atoms with van der Waals surface area (Å²) in [7, 11) is 4.01. The molecular formula is C30H29N3O2S. The summed E-state index contributed by atoms with van der Waals surface area (Å²) in [4.78, 5) is 31.7. The van der Waals surface area contributed by atoms with E-state index in [1.807, 2.05) is 78.5 Å². The maximum atomic E-state index is 13.3. The second kappa shape index (κ2) is 10.4. The van der Waals surface area contributed by atoms with E-state index in [9.17, 15) is 9.59 Å². The number of aryl methyl sites for hydroxylation is 1. The molecule has 1 aromatic heterocycles. The second-order valence-electron chi connectivity index (χ2n) is 9.16. The van der Waals surface area contributed by atoms with Crippen molar-refractivity contribution < 1.29 is 9.59 Å². The first-order chi connectivity index (χ1) is 17.5. The minimum atomic E-state index is -0.184. The molecule has 0 spiro atoms. The summed E-state index contributed by atoms with van der Waals surface area (Å²) in [5.74, 6) is -0.183. The van der Waals surface area contributed by atoms with E-state index in [0.29, 0.717) is 16.8 Å². The van der Waals surface area contributed by atoms with Crippen LogP contribution in [0.2, 0.25) is 0 Å². The van der Waals surface area contributed by atoms with Crippen molar-refractivity contribution in [2.75, 3.05) is 35.8 Å². The molecule has 5 nitrogen and oxygen atoms in total. The smallest absolute Gasteiger partial charge is 0.258 e. The van der Waals surface area contributed by atoms with E-state index >= 15 is 0 Å². The lowest BCUT2D eigenvalue weighted by molar-refractivity contribution is 0.0986. The number of carbonyl (C=O) groups excluding carboxylic acids is 2. The van der Waals surface area contributed by atoms with Crippen LogP contribution in [0.25, 0.3) is 11.1 Å². The third kappa shape index (κ3) is 4.90. The maximum absolute atomic E-state index is 13.3. The van der Waals surface area contributed by atoms with E-state index in [0.717, 1.165) is 48.3 Å². The van der Waals surface area contributed by atoms with E-state index in [-0.39, 0.29) is 11.8 Å². The lowest BCUT2D eigenvalue weighted by Crippen LogP contribution is -2.31. The summed E-state index contributed by atoms with van der Waals surface area (Å²) in [6.45, 7) is 0.730. The molecule has 3 aromatic carbocycles. The van der Waals surface area contributed by atoms with Crippen molar-refractivity contribution in [3.05, 3.63) is 100 Å². The largest absolute Gasteiger partial charge is 0.378 e. The summed E-state index contributed by atoms with van der Waals surface area (Å²) in [6.07, 6.45) is 3.13. The zero-order valence-electron chi connectivity index (χ0n) is 20.5. The van der Waals surface area contributed by atoms with Gasteiger partial charge in [-0.15, -0.1) is 11.3 Å². The molecule has 1 N–H and O–H groups in total. The van der Waals surface area contributed by atoms with Crippen LogP contribution >= 0.6 is 11.3 Å². The number of amides is 2. The summed E-state index contributed by atoms with van der Waals surface area (Å²) >= 11 is 1.72. The normalized spacial score (nSPS) is 13.0. The number of nitrogens with one attached hydrogen (secondary N) is 1. The van der Waals surface area contributed by atoms with Crippen molar-refractivity contribution >= 4 is 40.2 Å². The maximum Gasteiger partial charge on any atom is 0.258 e. The highest BCUT2D eigenvalue weighted by Crippen LogP contribution is 2.32. The lowest BCUT2D eigenvalue weighted by atomic mass is 9.98. The summed E-state index contributed by atoms with van der Waals surface area (Å²) in [6, 6.07) is 25.0. The van der Waals surface area contributed by atoms with Crippen LogP contribution in [0.15, 0.2) is 84.2 Å². The highest BCUT2D eigenvalue weighted by molar-refractivity contribution is 7.10. The fraction of sp³-hybridized carbons (Fsp3) is 0.200. The Morgan fingerprint density at radius 3 is 2.39 bits per heavy atom. The molecule has 0 saturated carbocycles. The fourth-order valence-corrected chi connectivity index (χ4v) is 5.49. The SMILES string of the molecule is CN(C)c1ccc(-c2ccccc2C(=O)Nc2ccc(C(=O)N3CCCCc4sccc43)cc2)cc1. The van der Waals surface area contributed by atoms with Crippen LogP contribution in [0, 0.1) is 0 Å². The number of nitrogens with zero attached hydrogens (tertiary/aromatic N) is 2.